The van der Waals surface area contributed by atoms with E-state index < -0.39 is 23.9 Å². The molecule has 38 heavy (non-hydrogen) atoms. The van der Waals surface area contributed by atoms with Gasteiger partial charge in [0.1, 0.15) is 6.04 Å². The number of aromatic amines is 1. The Labute approximate surface area is 227 Å². The molecule has 0 aliphatic rings. The second-order valence-corrected chi connectivity index (χ2v) is 13.4. The minimum Gasteiger partial charge on any atom is -0.370 e. The molecule has 0 saturated heterocycles. The minimum atomic E-state index is -0.869. The molecule has 0 bridgehead atoms. The molecule has 0 saturated carbocycles. The fourth-order valence-corrected chi connectivity index (χ4v) is 4.61. The summed E-state index contributed by atoms with van der Waals surface area (Å²) in [4.78, 5) is 32.8. The number of aliphatic imine (C=N–C) groups is 1. The van der Waals surface area contributed by atoms with Crippen molar-refractivity contribution in [2.45, 2.75) is 110 Å². The molecule has 2 atom stereocenters. The first-order valence-corrected chi connectivity index (χ1v) is 13.3. The third kappa shape index (κ3) is 7.72. The van der Waals surface area contributed by atoms with E-state index in [9.17, 15) is 9.59 Å². The van der Waals surface area contributed by atoms with Gasteiger partial charge in [0.25, 0.3) is 0 Å². The second kappa shape index (κ2) is 11.4. The van der Waals surface area contributed by atoms with Gasteiger partial charge >= 0.3 is 0 Å². The summed E-state index contributed by atoms with van der Waals surface area (Å²) >= 11 is 0. The first-order chi connectivity index (χ1) is 17.2. The fraction of sp³-hybridized carbons (Fsp3) is 0.621. The van der Waals surface area contributed by atoms with Gasteiger partial charge in [0.15, 0.2) is 5.96 Å². The molecule has 9 heteroatoms. The number of carbonyl (C=O) groups is 2. The number of primary amides is 1. The summed E-state index contributed by atoms with van der Waals surface area (Å²) in [5, 5.41) is 3.82. The molecule has 2 rings (SSSR count). The predicted octanol–water partition coefficient (Wildman–Crippen LogP) is 2.95. The molecule has 1 aromatic heterocycles. The smallest absolute Gasteiger partial charge is 0.240 e. The van der Waals surface area contributed by atoms with Crippen LogP contribution in [0.4, 0.5) is 0 Å². The number of nitrogens with two attached hydrogens (primary N) is 4. The van der Waals surface area contributed by atoms with Crippen molar-refractivity contribution in [3.05, 3.63) is 34.5 Å². The Bertz CT molecular complexity index is 1190. The monoisotopic (exact) mass is 527 g/mol. The average molecular weight is 528 g/mol. The van der Waals surface area contributed by atoms with Crippen molar-refractivity contribution in [2.24, 2.45) is 27.9 Å². The van der Waals surface area contributed by atoms with Gasteiger partial charge in [-0.2, -0.15) is 0 Å². The first kappa shape index (κ1) is 31.1. The molecule has 2 aromatic rings. The van der Waals surface area contributed by atoms with Crippen LogP contribution in [0.1, 0.15) is 97.5 Å². The number of carbonyl (C=O) groups excluding carboxylic acids is 2. The minimum absolute atomic E-state index is 0.0238. The van der Waals surface area contributed by atoms with E-state index in [-0.39, 0.29) is 22.2 Å². The summed E-state index contributed by atoms with van der Waals surface area (Å²) in [5.74, 6) is -1.07. The molecule has 9 nitrogen and oxygen atoms in total. The maximum atomic E-state index is 13.2. The Kier molecular flexibility index (Phi) is 9.31. The molecule has 1 aromatic carbocycles. The number of amides is 2. The van der Waals surface area contributed by atoms with Crippen molar-refractivity contribution in [3.63, 3.8) is 0 Å². The zero-order chi connectivity index (χ0) is 29.2. The van der Waals surface area contributed by atoms with E-state index in [2.05, 4.69) is 89.7 Å². The molecule has 0 fully saturated rings. The number of nitrogens with zero attached hydrogens (tertiary/aromatic N) is 1. The Hall–Kier alpha value is -3.07. The van der Waals surface area contributed by atoms with E-state index in [1.807, 2.05) is 0 Å². The number of H-pyrrole nitrogens is 1. The van der Waals surface area contributed by atoms with E-state index in [1.54, 1.807) is 0 Å². The number of hydrogen-bond donors (Lipinski definition) is 6. The molecule has 1 heterocycles. The van der Waals surface area contributed by atoms with Crippen molar-refractivity contribution in [1.29, 1.82) is 0 Å². The molecular formula is C29H49N7O2. The largest absolute Gasteiger partial charge is 0.370 e. The Morgan fingerprint density at radius 2 is 1.55 bits per heavy atom. The van der Waals surface area contributed by atoms with Gasteiger partial charge < -0.3 is 33.2 Å². The summed E-state index contributed by atoms with van der Waals surface area (Å²) in [5.41, 5.74) is 28.0. The lowest BCUT2D eigenvalue weighted by molar-refractivity contribution is -0.128. The summed E-state index contributed by atoms with van der Waals surface area (Å²) < 4.78 is 0. The van der Waals surface area contributed by atoms with Gasteiger partial charge in [-0.3, -0.25) is 14.6 Å². The number of benzene rings is 1. The quantitative estimate of drug-likeness (QED) is 0.166. The summed E-state index contributed by atoms with van der Waals surface area (Å²) in [6.45, 7) is 20.0. The first-order valence-electron chi connectivity index (χ1n) is 13.3. The number of guanidine groups is 1. The Balaban J connectivity index is 2.49. The molecule has 2 amide bonds. The Morgan fingerprint density at radius 1 is 0.947 bits per heavy atom. The SMILES string of the molecule is CC(C)(C)c1cc(C(C)(C)C)c2[nH]c(C(C)(C)C)c(C[C@H](N)C(=O)N[C@@H](CCCN=C(N)N)C(N)=O)c2c1. The molecular weight excluding hydrogens is 478 g/mol. The predicted molar refractivity (Wildman–Crippen MR) is 157 cm³/mol. The lowest BCUT2D eigenvalue weighted by Crippen LogP contribution is -2.51. The Morgan fingerprint density at radius 3 is 2.03 bits per heavy atom. The zero-order valence-electron chi connectivity index (χ0n) is 24.7. The lowest BCUT2D eigenvalue weighted by Gasteiger charge is -2.26. The van der Waals surface area contributed by atoms with Crippen molar-refractivity contribution in [1.82, 2.24) is 10.3 Å². The number of nitrogens with one attached hydrogen (secondary N) is 2. The van der Waals surface area contributed by atoms with E-state index in [0.717, 1.165) is 22.2 Å². The van der Waals surface area contributed by atoms with Crippen LogP contribution in [0, 0.1) is 0 Å². The third-order valence-corrected chi connectivity index (χ3v) is 6.81. The van der Waals surface area contributed by atoms with Gasteiger partial charge in [-0.25, -0.2) is 0 Å². The summed E-state index contributed by atoms with van der Waals surface area (Å²) in [7, 11) is 0. The van der Waals surface area contributed by atoms with Crippen LogP contribution in [-0.2, 0) is 32.3 Å². The lowest BCUT2D eigenvalue weighted by atomic mass is 9.78. The van der Waals surface area contributed by atoms with Crippen molar-refractivity contribution in [2.75, 3.05) is 6.54 Å². The van der Waals surface area contributed by atoms with Crippen molar-refractivity contribution >= 4 is 28.7 Å². The highest BCUT2D eigenvalue weighted by Crippen LogP contribution is 2.40. The van der Waals surface area contributed by atoms with Crippen LogP contribution in [0.3, 0.4) is 0 Å². The van der Waals surface area contributed by atoms with Gasteiger partial charge in [-0.05, 0) is 52.8 Å². The maximum Gasteiger partial charge on any atom is 0.240 e. The number of rotatable bonds is 9. The van der Waals surface area contributed by atoms with E-state index in [1.165, 1.54) is 11.1 Å². The van der Waals surface area contributed by atoms with Gasteiger partial charge in [-0.15, -0.1) is 0 Å². The van der Waals surface area contributed by atoms with Gasteiger partial charge in [0, 0.05) is 28.6 Å². The van der Waals surface area contributed by atoms with Crippen LogP contribution in [0.2, 0.25) is 0 Å². The standard InChI is InChI=1S/C29H49N7O2/c1-27(2,3)16-13-17-18(23(29(7,8)9)36-22(17)19(14-16)28(4,5)6)15-20(30)25(38)35-21(24(31)37)11-10-12-34-26(32)33/h13-14,20-21,36H,10-12,15,30H2,1-9H3,(H2,31,37)(H,35,38)(H4,32,33,34)/t20-,21-/m0/s1. The average Bonchev–Trinajstić information content (AvgIpc) is 3.12. The molecule has 0 unspecified atom stereocenters. The van der Waals surface area contributed by atoms with Gasteiger partial charge in [0.2, 0.25) is 11.8 Å². The molecule has 0 aliphatic heterocycles. The zero-order valence-corrected chi connectivity index (χ0v) is 24.7. The number of hydrogen-bond acceptors (Lipinski definition) is 4. The molecule has 0 spiro atoms. The highest BCUT2D eigenvalue weighted by molar-refractivity contribution is 5.92. The van der Waals surface area contributed by atoms with E-state index in [0.29, 0.717) is 25.8 Å². The van der Waals surface area contributed by atoms with Crippen molar-refractivity contribution in [3.8, 4) is 0 Å². The number of aromatic nitrogens is 1. The van der Waals surface area contributed by atoms with E-state index in [4.69, 9.17) is 22.9 Å². The molecule has 10 N–H and O–H groups in total. The van der Waals surface area contributed by atoms with Crippen LogP contribution in [0.25, 0.3) is 10.9 Å². The molecule has 0 radical (unpaired) electrons. The van der Waals surface area contributed by atoms with Gasteiger partial charge in [0.05, 0.1) is 6.04 Å². The highest BCUT2D eigenvalue weighted by atomic mass is 16.2. The van der Waals surface area contributed by atoms with Crippen LogP contribution >= 0.6 is 0 Å². The van der Waals surface area contributed by atoms with Crippen LogP contribution in [0.15, 0.2) is 17.1 Å². The van der Waals surface area contributed by atoms with Crippen LogP contribution in [-0.4, -0.2) is 41.4 Å². The summed E-state index contributed by atoms with van der Waals surface area (Å²) in [6.07, 6.45) is 1.12. The molecule has 212 valence electrons. The highest BCUT2D eigenvalue weighted by Gasteiger charge is 2.31. The summed E-state index contributed by atoms with van der Waals surface area (Å²) in [6, 6.07) is 2.80. The van der Waals surface area contributed by atoms with E-state index >= 15 is 0 Å². The topological polar surface area (TPSA) is 178 Å². The normalized spacial score (nSPS) is 14.3. The van der Waals surface area contributed by atoms with Crippen LogP contribution < -0.4 is 28.3 Å². The van der Waals surface area contributed by atoms with Gasteiger partial charge in [-0.1, -0.05) is 68.4 Å². The third-order valence-electron chi connectivity index (χ3n) is 6.81. The second-order valence-electron chi connectivity index (χ2n) is 13.4. The molecule has 0 aliphatic carbocycles. The van der Waals surface area contributed by atoms with Crippen LogP contribution in [0.5, 0.6) is 0 Å². The van der Waals surface area contributed by atoms with Crippen molar-refractivity contribution < 1.29 is 9.59 Å². The maximum absolute atomic E-state index is 13.2. The fourth-order valence-electron chi connectivity index (χ4n) is 4.61. The number of fused-ring (bicyclic) bond motifs is 1.